The number of methoxy groups -OCH3 is 1. The Kier molecular flexibility index (Phi) is 3.37. The topological polar surface area (TPSA) is 26.3 Å². The molecule has 0 aromatic rings. The van der Waals surface area contributed by atoms with Crippen molar-refractivity contribution in [2.75, 3.05) is 7.11 Å². The van der Waals surface area contributed by atoms with Crippen LogP contribution >= 0.6 is 0 Å². The molecular weight excluding hydrogens is 284 g/mol. The number of Topliss-reactive ketones (excluding diaryl/α,β-unsaturated/α-hetero) is 1. The Balaban J connectivity index is 1.72. The van der Waals surface area contributed by atoms with Gasteiger partial charge in [0.15, 0.2) is 0 Å². The van der Waals surface area contributed by atoms with Gasteiger partial charge in [0.25, 0.3) is 0 Å². The van der Waals surface area contributed by atoms with E-state index in [2.05, 4.69) is 25.7 Å². The van der Waals surface area contributed by atoms with Gasteiger partial charge in [-0.15, -0.1) is 6.58 Å². The highest BCUT2D eigenvalue weighted by Gasteiger charge is 2.59. The van der Waals surface area contributed by atoms with E-state index in [0.29, 0.717) is 23.5 Å². The number of hydrogen-bond acceptors (Lipinski definition) is 2. The molecule has 124 valence electrons. The molecule has 0 heterocycles. The van der Waals surface area contributed by atoms with Gasteiger partial charge in [-0.05, 0) is 66.9 Å². The Morgan fingerprint density at radius 2 is 2.09 bits per heavy atom. The van der Waals surface area contributed by atoms with Crippen molar-refractivity contribution in [3.63, 3.8) is 0 Å². The van der Waals surface area contributed by atoms with Gasteiger partial charge in [0, 0.05) is 18.3 Å². The van der Waals surface area contributed by atoms with Crippen LogP contribution in [0.3, 0.4) is 0 Å². The van der Waals surface area contributed by atoms with E-state index in [0.717, 1.165) is 37.9 Å². The van der Waals surface area contributed by atoms with E-state index >= 15 is 0 Å². The summed E-state index contributed by atoms with van der Waals surface area (Å²) in [7, 11) is 1.78. The fourth-order valence-electron chi connectivity index (χ4n) is 6.33. The van der Waals surface area contributed by atoms with Crippen LogP contribution in [0.1, 0.15) is 51.9 Å². The van der Waals surface area contributed by atoms with Gasteiger partial charge in [0.1, 0.15) is 5.78 Å². The van der Waals surface area contributed by atoms with E-state index in [4.69, 9.17) is 4.74 Å². The predicted octanol–water partition coefficient (Wildman–Crippen LogP) is 4.82. The van der Waals surface area contributed by atoms with Crippen molar-refractivity contribution in [3.05, 3.63) is 36.1 Å². The predicted molar refractivity (Wildman–Crippen MR) is 91.7 cm³/mol. The Morgan fingerprint density at radius 1 is 1.26 bits per heavy atom. The first-order valence-electron chi connectivity index (χ1n) is 9.17. The minimum absolute atomic E-state index is 0.203. The van der Waals surface area contributed by atoms with Crippen molar-refractivity contribution in [1.29, 1.82) is 0 Å². The molecule has 2 fully saturated rings. The highest BCUT2D eigenvalue weighted by atomic mass is 16.5. The minimum atomic E-state index is -0.203. The maximum absolute atomic E-state index is 12.6. The number of fused-ring (bicyclic) bond motifs is 5. The minimum Gasteiger partial charge on any atom is -0.501 e. The third-order valence-electron chi connectivity index (χ3n) is 7.69. The van der Waals surface area contributed by atoms with Crippen LogP contribution in [0.15, 0.2) is 36.1 Å². The Morgan fingerprint density at radius 3 is 2.83 bits per heavy atom. The Hall–Kier alpha value is -1.31. The molecule has 4 rings (SSSR count). The van der Waals surface area contributed by atoms with Gasteiger partial charge in [-0.25, -0.2) is 0 Å². The van der Waals surface area contributed by atoms with Crippen LogP contribution in [-0.4, -0.2) is 12.9 Å². The average molecular weight is 312 g/mol. The van der Waals surface area contributed by atoms with Crippen LogP contribution in [-0.2, 0) is 9.53 Å². The molecule has 0 aliphatic heterocycles. The molecule has 0 spiro atoms. The van der Waals surface area contributed by atoms with E-state index in [1.54, 1.807) is 7.11 Å². The van der Waals surface area contributed by atoms with Crippen LogP contribution in [0.4, 0.5) is 0 Å². The summed E-state index contributed by atoms with van der Waals surface area (Å²) in [5.41, 5.74) is 1.55. The summed E-state index contributed by atoms with van der Waals surface area (Å²) in [5.74, 6) is 3.47. The molecule has 2 saturated carbocycles. The Labute approximate surface area is 139 Å². The fourth-order valence-corrected chi connectivity index (χ4v) is 6.33. The second kappa shape index (κ2) is 5.09. The van der Waals surface area contributed by atoms with Crippen LogP contribution < -0.4 is 0 Å². The van der Waals surface area contributed by atoms with Gasteiger partial charge >= 0.3 is 0 Å². The molecule has 4 aliphatic rings. The second-order valence-corrected chi connectivity index (χ2v) is 8.25. The van der Waals surface area contributed by atoms with E-state index in [9.17, 15) is 4.79 Å². The van der Waals surface area contributed by atoms with E-state index < -0.39 is 0 Å². The SMILES string of the molecule is C=C[C@]12CC[C@H]3[C@@H](CC=C4C=C(OC)CC[C@@]43C)[C@@H]1CCC2=O. The molecule has 0 bridgehead atoms. The quantitative estimate of drug-likeness (QED) is 0.683. The average Bonchev–Trinajstić information content (AvgIpc) is 2.91. The van der Waals surface area contributed by atoms with Crippen molar-refractivity contribution in [2.24, 2.45) is 28.6 Å². The van der Waals surface area contributed by atoms with Crippen LogP contribution in [0.5, 0.6) is 0 Å². The number of hydrogen-bond donors (Lipinski definition) is 0. The molecule has 0 aromatic heterocycles. The monoisotopic (exact) mass is 312 g/mol. The maximum Gasteiger partial charge on any atom is 0.143 e. The summed E-state index contributed by atoms with van der Waals surface area (Å²) in [6.45, 7) is 6.52. The van der Waals surface area contributed by atoms with Crippen molar-refractivity contribution in [3.8, 4) is 0 Å². The highest BCUT2D eigenvalue weighted by Crippen LogP contribution is 2.64. The number of rotatable bonds is 2. The molecule has 2 heteroatoms. The van der Waals surface area contributed by atoms with Crippen LogP contribution in [0, 0.1) is 28.6 Å². The molecule has 4 aliphatic carbocycles. The molecule has 5 atom stereocenters. The summed E-state index contributed by atoms with van der Waals surface area (Å²) < 4.78 is 5.50. The molecule has 2 nitrogen and oxygen atoms in total. The summed E-state index contributed by atoms with van der Waals surface area (Å²) in [6, 6.07) is 0. The first-order chi connectivity index (χ1) is 11.0. The van der Waals surface area contributed by atoms with Crippen molar-refractivity contribution in [1.82, 2.24) is 0 Å². The van der Waals surface area contributed by atoms with Crippen molar-refractivity contribution >= 4 is 5.78 Å². The number of allylic oxidation sites excluding steroid dienone is 5. The first-order valence-corrected chi connectivity index (χ1v) is 9.17. The lowest BCUT2D eigenvalue weighted by Crippen LogP contribution is -2.49. The van der Waals surface area contributed by atoms with Crippen molar-refractivity contribution < 1.29 is 9.53 Å². The third-order valence-corrected chi connectivity index (χ3v) is 7.69. The summed E-state index contributed by atoms with van der Waals surface area (Å²) >= 11 is 0. The molecule has 0 aromatic carbocycles. The van der Waals surface area contributed by atoms with Crippen LogP contribution in [0.2, 0.25) is 0 Å². The molecule has 0 unspecified atom stereocenters. The summed E-state index contributed by atoms with van der Waals surface area (Å²) in [6.07, 6.45) is 14.1. The standard InChI is InChI=1S/C21H28O2/c1-4-21-12-10-17-16(18(21)7-8-19(21)22)6-5-14-13-15(23-3)9-11-20(14,17)2/h4-5,13,16-18H,1,6-12H2,2-3H3/t16-,17+,18+,20+,21+/m1/s1. The zero-order valence-electron chi connectivity index (χ0n) is 14.4. The highest BCUT2D eigenvalue weighted by molar-refractivity contribution is 5.89. The second-order valence-electron chi connectivity index (χ2n) is 8.25. The fraction of sp³-hybridized carbons (Fsp3) is 0.667. The lowest BCUT2D eigenvalue weighted by molar-refractivity contribution is -0.129. The normalized spacial score (nSPS) is 45.3. The molecule has 0 radical (unpaired) electrons. The number of ether oxygens (including phenoxy) is 1. The molecule has 0 amide bonds. The Bertz CT molecular complexity index is 613. The molecule has 23 heavy (non-hydrogen) atoms. The molecule has 0 N–H and O–H groups in total. The third kappa shape index (κ3) is 1.90. The number of carbonyl (C=O) groups excluding carboxylic acids is 1. The van der Waals surface area contributed by atoms with Gasteiger partial charge in [-0.3, -0.25) is 4.79 Å². The maximum atomic E-state index is 12.6. The van der Waals surface area contributed by atoms with Gasteiger partial charge in [-0.2, -0.15) is 0 Å². The van der Waals surface area contributed by atoms with Crippen molar-refractivity contribution in [2.45, 2.75) is 51.9 Å². The lowest BCUT2D eigenvalue weighted by Gasteiger charge is -2.55. The molecular formula is C21H28O2. The van der Waals surface area contributed by atoms with Gasteiger partial charge in [0.2, 0.25) is 0 Å². The van der Waals surface area contributed by atoms with Gasteiger partial charge in [0.05, 0.1) is 12.9 Å². The first kappa shape index (κ1) is 15.2. The summed E-state index contributed by atoms with van der Waals surface area (Å²) in [5, 5.41) is 0. The largest absolute Gasteiger partial charge is 0.501 e. The summed E-state index contributed by atoms with van der Waals surface area (Å²) in [4.78, 5) is 12.6. The van der Waals surface area contributed by atoms with Gasteiger partial charge < -0.3 is 4.74 Å². The van der Waals surface area contributed by atoms with Gasteiger partial charge in [-0.1, -0.05) is 19.1 Å². The lowest BCUT2D eigenvalue weighted by atomic mass is 9.48. The van der Waals surface area contributed by atoms with E-state index in [1.165, 1.54) is 18.4 Å². The smallest absolute Gasteiger partial charge is 0.143 e. The van der Waals surface area contributed by atoms with Crippen LogP contribution in [0.25, 0.3) is 0 Å². The molecule has 0 saturated heterocycles. The van der Waals surface area contributed by atoms with E-state index in [-0.39, 0.29) is 10.8 Å². The number of carbonyl (C=O) groups is 1. The zero-order chi connectivity index (χ0) is 16.2. The van der Waals surface area contributed by atoms with E-state index in [1.807, 2.05) is 6.08 Å². The number of ketones is 1. The zero-order valence-corrected chi connectivity index (χ0v) is 14.4.